The van der Waals surface area contributed by atoms with E-state index in [1.807, 2.05) is 0 Å². The lowest BCUT2D eigenvalue weighted by Crippen LogP contribution is -2.17. The summed E-state index contributed by atoms with van der Waals surface area (Å²) in [5, 5.41) is 9.14. The van der Waals surface area contributed by atoms with Gasteiger partial charge in [-0.3, -0.25) is 0 Å². The number of carboxylic acid groups (broad SMARTS) is 1. The zero-order valence-corrected chi connectivity index (χ0v) is 6.69. The van der Waals surface area contributed by atoms with Crippen molar-refractivity contribution in [2.45, 2.75) is 18.9 Å². The van der Waals surface area contributed by atoms with Crippen molar-refractivity contribution in [3.8, 4) is 0 Å². The fourth-order valence-electron chi connectivity index (χ4n) is 0.710. The summed E-state index contributed by atoms with van der Waals surface area (Å²) in [4.78, 5) is 19.0. The Kier molecular flexibility index (Phi) is 5.91. The highest BCUT2D eigenvalue weighted by atomic mass is 16.5. The molecule has 4 heteroatoms. The van der Waals surface area contributed by atoms with Crippen molar-refractivity contribution < 1.29 is 19.4 Å². The quantitative estimate of drug-likeness (QED) is 0.406. The molecular formula is C8H11O4-. The third-order valence-electron chi connectivity index (χ3n) is 1.28. The smallest absolute Gasteiger partial charge is 0.148 e. The minimum atomic E-state index is -1.23. The summed E-state index contributed by atoms with van der Waals surface area (Å²) in [7, 11) is 0. The molecule has 68 valence electrons. The molecule has 0 aromatic rings. The average Bonchev–Trinajstić information content (AvgIpc) is 2.57. The number of aliphatic carboxylic acids is 1. The number of ether oxygens (including phenoxy) is 1. The van der Waals surface area contributed by atoms with E-state index in [2.05, 4.69) is 6.58 Å². The third kappa shape index (κ3) is 5.61. The maximum Gasteiger partial charge on any atom is 0.148 e. The highest BCUT2D eigenvalue weighted by Crippen LogP contribution is 2.08. The topological polar surface area (TPSA) is 66.4 Å². The molecule has 0 radical (unpaired) electrons. The third-order valence-corrected chi connectivity index (χ3v) is 1.28. The van der Waals surface area contributed by atoms with Gasteiger partial charge < -0.3 is 19.4 Å². The van der Waals surface area contributed by atoms with E-state index in [0.717, 1.165) is 31.8 Å². The highest BCUT2D eigenvalue weighted by molar-refractivity contribution is 5.76. The second-order valence-corrected chi connectivity index (χ2v) is 2.21. The molecule has 12 heavy (non-hydrogen) atoms. The first-order chi connectivity index (χ1) is 5.70. The number of rotatable bonds is 2. The van der Waals surface area contributed by atoms with Gasteiger partial charge in [-0.15, -0.1) is 0 Å². The molecule has 4 nitrogen and oxygen atoms in total. The van der Waals surface area contributed by atoms with E-state index in [0.29, 0.717) is 0 Å². The summed E-state index contributed by atoms with van der Waals surface area (Å²) in [6.45, 7) is 3.67. The predicted octanol–water partition coefficient (Wildman–Crippen LogP) is -0.713. The van der Waals surface area contributed by atoms with Crippen LogP contribution >= 0.6 is 0 Å². The van der Waals surface area contributed by atoms with Crippen LogP contribution < -0.4 is 5.11 Å². The van der Waals surface area contributed by atoms with E-state index in [-0.39, 0.29) is 6.10 Å². The van der Waals surface area contributed by atoms with Gasteiger partial charge in [0.1, 0.15) is 12.4 Å². The average molecular weight is 171 g/mol. The molecule has 1 rings (SSSR count). The maximum atomic E-state index is 9.88. The van der Waals surface area contributed by atoms with Crippen molar-refractivity contribution >= 4 is 12.3 Å². The SMILES string of the molecule is C=CC(=O)[O-].O=CC1CCCO1. The van der Waals surface area contributed by atoms with Crippen LogP contribution in [0.3, 0.4) is 0 Å². The summed E-state index contributed by atoms with van der Waals surface area (Å²) in [5.41, 5.74) is 0. The Balaban J connectivity index is 0.000000217. The Bertz CT molecular complexity index is 158. The molecule has 0 bridgehead atoms. The van der Waals surface area contributed by atoms with Crippen LogP contribution in [0.4, 0.5) is 0 Å². The van der Waals surface area contributed by atoms with E-state index in [1.54, 1.807) is 0 Å². The summed E-state index contributed by atoms with van der Waals surface area (Å²) in [6.07, 6.45) is 3.47. The maximum absolute atomic E-state index is 9.88. The van der Waals surface area contributed by atoms with Gasteiger partial charge >= 0.3 is 0 Å². The van der Waals surface area contributed by atoms with E-state index < -0.39 is 5.97 Å². The van der Waals surface area contributed by atoms with Crippen LogP contribution in [0.25, 0.3) is 0 Å². The fraction of sp³-hybridized carbons (Fsp3) is 0.500. The van der Waals surface area contributed by atoms with Crippen molar-refractivity contribution in [1.82, 2.24) is 0 Å². The lowest BCUT2D eigenvalue weighted by atomic mass is 10.3. The van der Waals surface area contributed by atoms with Crippen LogP contribution in [0.15, 0.2) is 12.7 Å². The molecule has 1 heterocycles. The molecule has 0 aliphatic carbocycles. The van der Waals surface area contributed by atoms with E-state index in [9.17, 15) is 4.79 Å². The second-order valence-electron chi connectivity index (χ2n) is 2.21. The van der Waals surface area contributed by atoms with Gasteiger partial charge in [0.15, 0.2) is 0 Å². The first kappa shape index (κ1) is 10.8. The molecule has 0 aromatic heterocycles. The van der Waals surface area contributed by atoms with Crippen molar-refractivity contribution in [2.24, 2.45) is 0 Å². The van der Waals surface area contributed by atoms with Crippen molar-refractivity contribution in [1.29, 1.82) is 0 Å². The van der Waals surface area contributed by atoms with Crippen LogP contribution in [-0.4, -0.2) is 25.0 Å². The van der Waals surface area contributed by atoms with Gasteiger partial charge in [-0.1, -0.05) is 6.58 Å². The van der Waals surface area contributed by atoms with Crippen molar-refractivity contribution in [2.75, 3.05) is 6.61 Å². The molecule has 0 N–H and O–H groups in total. The minimum absolute atomic E-state index is 0.0833. The number of carbonyl (C=O) groups excluding carboxylic acids is 2. The van der Waals surface area contributed by atoms with Gasteiger partial charge in [-0.2, -0.15) is 0 Å². The molecule has 1 aliphatic rings. The summed E-state index contributed by atoms with van der Waals surface area (Å²) in [5.74, 6) is -1.23. The molecule has 0 amide bonds. The molecule has 1 saturated heterocycles. The predicted molar refractivity (Wildman–Crippen MR) is 40.2 cm³/mol. The normalized spacial score (nSPS) is 20.5. The standard InChI is InChI=1S/C5H8O2.C3H4O2/c6-4-5-2-1-3-7-5;1-2-3(4)5/h4-5H,1-3H2;2H,1H2,(H,4,5)/p-1. The molecule has 1 atom stereocenters. The van der Waals surface area contributed by atoms with Crippen molar-refractivity contribution in [3.63, 3.8) is 0 Å². The minimum Gasteiger partial charge on any atom is -0.545 e. The Morgan fingerprint density at radius 1 is 1.67 bits per heavy atom. The Labute approximate surface area is 70.8 Å². The number of carbonyl (C=O) groups is 2. The first-order valence-corrected chi connectivity index (χ1v) is 3.61. The van der Waals surface area contributed by atoms with Gasteiger partial charge in [-0.05, 0) is 18.9 Å². The van der Waals surface area contributed by atoms with Gasteiger partial charge in [0.05, 0.1) is 5.97 Å². The second kappa shape index (κ2) is 6.54. The molecular weight excluding hydrogens is 160 g/mol. The van der Waals surface area contributed by atoms with Gasteiger partial charge in [0, 0.05) is 6.61 Å². The zero-order valence-electron chi connectivity index (χ0n) is 6.69. The summed E-state index contributed by atoms with van der Waals surface area (Å²) in [6, 6.07) is 0. The van der Waals surface area contributed by atoms with Gasteiger partial charge in [0.2, 0.25) is 0 Å². The van der Waals surface area contributed by atoms with E-state index in [4.69, 9.17) is 14.6 Å². The monoisotopic (exact) mass is 171 g/mol. The van der Waals surface area contributed by atoms with Crippen LogP contribution in [-0.2, 0) is 14.3 Å². The van der Waals surface area contributed by atoms with Gasteiger partial charge in [0.25, 0.3) is 0 Å². The lowest BCUT2D eigenvalue weighted by Gasteiger charge is -1.93. The lowest BCUT2D eigenvalue weighted by molar-refractivity contribution is -0.297. The Morgan fingerprint density at radius 2 is 2.25 bits per heavy atom. The van der Waals surface area contributed by atoms with Crippen LogP contribution in [0, 0.1) is 0 Å². The Morgan fingerprint density at radius 3 is 2.42 bits per heavy atom. The fourth-order valence-corrected chi connectivity index (χ4v) is 0.710. The van der Waals surface area contributed by atoms with E-state index >= 15 is 0 Å². The molecule has 1 unspecified atom stereocenters. The van der Waals surface area contributed by atoms with Crippen molar-refractivity contribution in [3.05, 3.63) is 12.7 Å². The summed E-state index contributed by atoms with van der Waals surface area (Å²) < 4.78 is 4.93. The number of carboxylic acids is 1. The molecule has 0 aromatic carbocycles. The largest absolute Gasteiger partial charge is 0.545 e. The summed E-state index contributed by atoms with van der Waals surface area (Å²) >= 11 is 0. The highest BCUT2D eigenvalue weighted by Gasteiger charge is 2.12. The molecule has 0 spiro atoms. The van der Waals surface area contributed by atoms with Crippen LogP contribution in [0.2, 0.25) is 0 Å². The number of hydrogen-bond donors (Lipinski definition) is 0. The van der Waals surface area contributed by atoms with Crippen LogP contribution in [0.1, 0.15) is 12.8 Å². The van der Waals surface area contributed by atoms with E-state index in [1.165, 1.54) is 0 Å². The van der Waals surface area contributed by atoms with Gasteiger partial charge in [-0.25, -0.2) is 0 Å². The molecule has 0 saturated carbocycles. The Hall–Kier alpha value is -1.16. The number of aldehydes is 1. The molecule has 1 aliphatic heterocycles. The molecule has 1 fully saturated rings. The van der Waals surface area contributed by atoms with Crippen LogP contribution in [0.5, 0.6) is 0 Å². The number of hydrogen-bond acceptors (Lipinski definition) is 4. The zero-order chi connectivity index (χ0) is 9.40. The first-order valence-electron chi connectivity index (χ1n) is 3.61.